The number of rotatable bonds is 3. The Bertz CT molecular complexity index is 602. The van der Waals surface area contributed by atoms with Gasteiger partial charge in [0.2, 0.25) is 0 Å². The predicted molar refractivity (Wildman–Crippen MR) is 79.3 cm³/mol. The molecule has 0 aliphatic heterocycles. The Morgan fingerprint density at radius 3 is 2.47 bits per heavy atom. The molecule has 0 N–H and O–H groups in total. The summed E-state index contributed by atoms with van der Waals surface area (Å²) in [4.78, 5) is 11.9. The molecule has 4 heteroatoms. The number of nitrogens with zero attached hydrogens (tertiary/aromatic N) is 1. The van der Waals surface area contributed by atoms with Gasteiger partial charge in [0, 0.05) is 12.2 Å². The van der Waals surface area contributed by atoms with Gasteiger partial charge in [-0.2, -0.15) is 0 Å². The smallest absolute Gasteiger partial charge is 0.340 e. The molecule has 2 rings (SSSR count). The molecule has 0 saturated heterocycles. The van der Waals surface area contributed by atoms with Crippen LogP contribution in [0.25, 0.3) is 11.3 Å². The van der Waals surface area contributed by atoms with Gasteiger partial charge in [-0.05, 0) is 35.3 Å². The topological polar surface area (TPSA) is 31.2 Å². The number of methoxy groups -OCH3 is 1. The third-order valence-corrected chi connectivity index (χ3v) is 3.99. The quantitative estimate of drug-likeness (QED) is 0.799. The van der Waals surface area contributed by atoms with Crippen molar-refractivity contribution in [1.29, 1.82) is 0 Å². The molecule has 0 aliphatic rings. The van der Waals surface area contributed by atoms with Crippen LogP contribution in [0.1, 0.15) is 23.0 Å². The minimum absolute atomic E-state index is 0.311. The van der Waals surface area contributed by atoms with Gasteiger partial charge < -0.3 is 9.30 Å². The van der Waals surface area contributed by atoms with Crippen LogP contribution in [0.2, 0.25) is 0 Å². The average molecular weight is 322 g/mol. The maximum absolute atomic E-state index is 11.9. The van der Waals surface area contributed by atoms with Crippen LogP contribution in [0.4, 0.5) is 0 Å². The van der Waals surface area contributed by atoms with Crippen molar-refractivity contribution in [1.82, 2.24) is 4.57 Å². The zero-order valence-corrected chi connectivity index (χ0v) is 12.8. The lowest BCUT2D eigenvalue weighted by Crippen LogP contribution is -2.05. The molecular weight excluding hydrogens is 306 g/mol. The number of esters is 1. The van der Waals surface area contributed by atoms with E-state index in [4.69, 9.17) is 4.74 Å². The highest BCUT2D eigenvalue weighted by Crippen LogP contribution is 2.36. The van der Waals surface area contributed by atoms with E-state index < -0.39 is 0 Å². The molecule has 0 saturated carbocycles. The van der Waals surface area contributed by atoms with E-state index in [0.717, 1.165) is 28.0 Å². The standard InChI is InChI=1S/C15H16BrNO2/c1-4-17-10(2)12(15(18)19-3)13(16)14(17)11-8-6-5-7-9-11/h5-9H,4H2,1-3H3. The first-order valence-corrected chi connectivity index (χ1v) is 6.93. The lowest BCUT2D eigenvalue weighted by atomic mass is 10.1. The van der Waals surface area contributed by atoms with Gasteiger partial charge in [0.05, 0.1) is 22.8 Å². The number of hydrogen-bond donors (Lipinski definition) is 0. The van der Waals surface area contributed by atoms with Crippen LogP contribution in [0.3, 0.4) is 0 Å². The van der Waals surface area contributed by atoms with Gasteiger partial charge in [0.15, 0.2) is 0 Å². The van der Waals surface area contributed by atoms with Crippen molar-refractivity contribution in [3.8, 4) is 11.3 Å². The van der Waals surface area contributed by atoms with Gasteiger partial charge in [-0.1, -0.05) is 30.3 Å². The number of carbonyl (C=O) groups is 1. The minimum Gasteiger partial charge on any atom is -0.465 e. The fourth-order valence-electron chi connectivity index (χ4n) is 2.31. The Hall–Kier alpha value is -1.55. The molecule has 1 aromatic heterocycles. The van der Waals surface area contributed by atoms with E-state index >= 15 is 0 Å². The molecule has 0 radical (unpaired) electrons. The molecule has 100 valence electrons. The van der Waals surface area contributed by atoms with Crippen molar-refractivity contribution in [2.24, 2.45) is 0 Å². The molecule has 19 heavy (non-hydrogen) atoms. The van der Waals surface area contributed by atoms with Crippen LogP contribution in [-0.4, -0.2) is 17.6 Å². The summed E-state index contributed by atoms with van der Waals surface area (Å²) in [5.74, 6) is -0.311. The highest BCUT2D eigenvalue weighted by atomic mass is 79.9. The van der Waals surface area contributed by atoms with E-state index in [1.807, 2.05) is 37.3 Å². The zero-order chi connectivity index (χ0) is 14.0. The second-order valence-corrected chi connectivity index (χ2v) is 5.02. The van der Waals surface area contributed by atoms with E-state index in [-0.39, 0.29) is 5.97 Å². The summed E-state index contributed by atoms with van der Waals surface area (Å²) in [6.45, 7) is 4.80. The van der Waals surface area contributed by atoms with Gasteiger partial charge in [-0.3, -0.25) is 0 Å². The normalized spacial score (nSPS) is 10.5. The molecule has 3 nitrogen and oxygen atoms in total. The predicted octanol–water partition coefficient (Wildman–Crippen LogP) is 4.03. The molecule has 0 bridgehead atoms. The van der Waals surface area contributed by atoms with Crippen molar-refractivity contribution in [3.05, 3.63) is 46.1 Å². The van der Waals surface area contributed by atoms with Gasteiger partial charge in [-0.15, -0.1) is 0 Å². The number of halogens is 1. The summed E-state index contributed by atoms with van der Waals surface area (Å²) in [5.41, 5.74) is 3.61. The van der Waals surface area contributed by atoms with E-state index in [1.165, 1.54) is 7.11 Å². The summed E-state index contributed by atoms with van der Waals surface area (Å²) < 4.78 is 7.78. The first-order chi connectivity index (χ1) is 9.11. The first kappa shape index (κ1) is 13.9. The second-order valence-electron chi connectivity index (χ2n) is 4.22. The molecule has 1 heterocycles. The molecule has 0 aliphatic carbocycles. The Labute approximate surface area is 121 Å². The molecular formula is C15H16BrNO2. The maximum Gasteiger partial charge on any atom is 0.340 e. The van der Waals surface area contributed by atoms with Crippen molar-refractivity contribution < 1.29 is 9.53 Å². The number of hydrogen-bond acceptors (Lipinski definition) is 2. The van der Waals surface area contributed by atoms with E-state index in [9.17, 15) is 4.79 Å². The van der Waals surface area contributed by atoms with Crippen LogP contribution in [0, 0.1) is 6.92 Å². The maximum atomic E-state index is 11.9. The number of ether oxygens (including phenoxy) is 1. The van der Waals surface area contributed by atoms with Crippen molar-refractivity contribution in [3.63, 3.8) is 0 Å². The molecule has 0 amide bonds. The van der Waals surface area contributed by atoms with Gasteiger partial charge in [0.25, 0.3) is 0 Å². The summed E-state index contributed by atoms with van der Waals surface area (Å²) in [7, 11) is 1.40. The number of carbonyl (C=O) groups excluding carboxylic acids is 1. The number of aromatic nitrogens is 1. The van der Waals surface area contributed by atoms with E-state index in [0.29, 0.717) is 5.56 Å². The molecule has 0 unspecified atom stereocenters. The third-order valence-electron chi connectivity index (χ3n) is 3.22. The average Bonchev–Trinajstić information content (AvgIpc) is 2.69. The summed E-state index contributed by atoms with van der Waals surface area (Å²) >= 11 is 3.55. The SMILES string of the molecule is CCn1c(C)c(C(=O)OC)c(Br)c1-c1ccccc1. The number of benzene rings is 1. The molecule has 0 fully saturated rings. The lowest BCUT2D eigenvalue weighted by Gasteiger charge is -2.09. The lowest BCUT2D eigenvalue weighted by molar-refractivity contribution is 0.0599. The summed E-state index contributed by atoms with van der Waals surface area (Å²) in [5, 5.41) is 0. The third kappa shape index (κ3) is 2.32. The molecule has 0 spiro atoms. The molecule has 2 aromatic rings. The Morgan fingerprint density at radius 2 is 1.95 bits per heavy atom. The van der Waals surface area contributed by atoms with Gasteiger partial charge in [-0.25, -0.2) is 4.79 Å². The van der Waals surface area contributed by atoms with Crippen LogP contribution in [0.5, 0.6) is 0 Å². The highest BCUT2D eigenvalue weighted by molar-refractivity contribution is 9.10. The van der Waals surface area contributed by atoms with Crippen LogP contribution >= 0.6 is 15.9 Å². The van der Waals surface area contributed by atoms with E-state index in [1.54, 1.807) is 0 Å². The second kappa shape index (κ2) is 5.61. The molecule has 0 atom stereocenters. The Balaban J connectivity index is 2.71. The van der Waals surface area contributed by atoms with Gasteiger partial charge >= 0.3 is 5.97 Å². The van der Waals surface area contributed by atoms with Crippen LogP contribution in [0.15, 0.2) is 34.8 Å². The summed E-state index contributed by atoms with van der Waals surface area (Å²) in [6, 6.07) is 10.0. The zero-order valence-electron chi connectivity index (χ0n) is 11.2. The molecule has 1 aromatic carbocycles. The van der Waals surface area contributed by atoms with Crippen molar-refractivity contribution in [2.75, 3.05) is 7.11 Å². The van der Waals surface area contributed by atoms with Crippen molar-refractivity contribution >= 4 is 21.9 Å². The Morgan fingerprint density at radius 1 is 1.32 bits per heavy atom. The first-order valence-electron chi connectivity index (χ1n) is 6.14. The highest BCUT2D eigenvalue weighted by Gasteiger charge is 2.24. The summed E-state index contributed by atoms with van der Waals surface area (Å²) in [6.07, 6.45) is 0. The van der Waals surface area contributed by atoms with Gasteiger partial charge in [0.1, 0.15) is 0 Å². The van der Waals surface area contributed by atoms with E-state index in [2.05, 4.69) is 27.4 Å². The van der Waals surface area contributed by atoms with Crippen LogP contribution < -0.4 is 0 Å². The monoisotopic (exact) mass is 321 g/mol. The fourth-order valence-corrected chi connectivity index (χ4v) is 3.20. The fraction of sp³-hybridized carbons (Fsp3) is 0.267. The minimum atomic E-state index is -0.311. The largest absolute Gasteiger partial charge is 0.465 e. The Kier molecular flexibility index (Phi) is 4.10. The van der Waals surface area contributed by atoms with Crippen molar-refractivity contribution in [2.45, 2.75) is 20.4 Å². The van der Waals surface area contributed by atoms with Crippen LogP contribution in [-0.2, 0) is 11.3 Å².